The Balaban J connectivity index is 1.54. The molecule has 1 heterocycles. The standard InChI is InChI=1S/C22H27NO3S2/c24-22(27-18-10-8-13-19-11-3-1-4-12-19)21-16-7-9-17-23(21)28(25,26)20-14-5-2-6-15-20/h1-6,11-12,14-15,21H,7-10,13,16-18H2. The van der Waals surface area contributed by atoms with Crippen molar-refractivity contribution in [2.24, 2.45) is 0 Å². The molecule has 28 heavy (non-hydrogen) atoms. The van der Waals surface area contributed by atoms with Gasteiger partial charge in [-0.3, -0.25) is 4.79 Å². The fourth-order valence-corrected chi connectivity index (χ4v) is 6.23. The Labute approximate surface area is 172 Å². The maximum absolute atomic E-state index is 13.0. The van der Waals surface area contributed by atoms with Gasteiger partial charge in [-0.15, -0.1) is 0 Å². The molecule has 0 bridgehead atoms. The second-order valence-corrected chi connectivity index (χ2v) is 10.0. The molecule has 1 aliphatic heterocycles. The highest BCUT2D eigenvalue weighted by Crippen LogP contribution is 2.28. The van der Waals surface area contributed by atoms with E-state index in [1.807, 2.05) is 18.2 Å². The van der Waals surface area contributed by atoms with Crippen LogP contribution >= 0.6 is 11.8 Å². The summed E-state index contributed by atoms with van der Waals surface area (Å²) in [5, 5.41) is -0.0149. The summed E-state index contributed by atoms with van der Waals surface area (Å²) in [5.74, 6) is 0.737. The summed E-state index contributed by atoms with van der Waals surface area (Å²) in [4.78, 5) is 13.0. The summed E-state index contributed by atoms with van der Waals surface area (Å²) in [6.45, 7) is 0.419. The Morgan fingerprint density at radius 3 is 2.36 bits per heavy atom. The first-order valence-corrected chi connectivity index (χ1v) is 12.3. The number of sulfonamides is 1. The van der Waals surface area contributed by atoms with Crippen LogP contribution in [0.25, 0.3) is 0 Å². The number of hydrogen-bond donors (Lipinski definition) is 0. The van der Waals surface area contributed by atoms with Gasteiger partial charge < -0.3 is 0 Å². The van der Waals surface area contributed by atoms with E-state index < -0.39 is 16.1 Å². The van der Waals surface area contributed by atoms with E-state index in [9.17, 15) is 13.2 Å². The summed E-state index contributed by atoms with van der Waals surface area (Å²) < 4.78 is 27.4. The molecule has 4 nitrogen and oxygen atoms in total. The van der Waals surface area contributed by atoms with Crippen molar-refractivity contribution in [1.29, 1.82) is 0 Å². The molecule has 0 saturated carbocycles. The molecule has 0 amide bonds. The van der Waals surface area contributed by atoms with Gasteiger partial charge in [0.05, 0.1) is 10.9 Å². The van der Waals surface area contributed by atoms with Gasteiger partial charge in [0, 0.05) is 12.3 Å². The zero-order valence-corrected chi connectivity index (χ0v) is 17.6. The largest absolute Gasteiger partial charge is 0.285 e. The second kappa shape index (κ2) is 10.2. The molecule has 150 valence electrons. The van der Waals surface area contributed by atoms with Crippen molar-refractivity contribution in [1.82, 2.24) is 4.31 Å². The van der Waals surface area contributed by atoms with Crippen LogP contribution in [-0.2, 0) is 21.2 Å². The van der Waals surface area contributed by atoms with Crippen molar-refractivity contribution in [2.75, 3.05) is 12.3 Å². The number of nitrogens with zero attached hydrogens (tertiary/aromatic N) is 1. The van der Waals surface area contributed by atoms with E-state index in [0.29, 0.717) is 13.0 Å². The van der Waals surface area contributed by atoms with E-state index in [1.165, 1.54) is 21.6 Å². The fourth-order valence-electron chi connectivity index (χ4n) is 3.50. The maximum atomic E-state index is 13.0. The number of thioether (sulfide) groups is 1. The molecule has 3 rings (SSSR count). The number of rotatable bonds is 8. The van der Waals surface area contributed by atoms with Crippen LogP contribution < -0.4 is 0 Å². The third-order valence-electron chi connectivity index (χ3n) is 5.02. The zero-order chi connectivity index (χ0) is 19.8. The van der Waals surface area contributed by atoms with E-state index in [0.717, 1.165) is 37.9 Å². The first kappa shape index (κ1) is 21.1. The lowest BCUT2D eigenvalue weighted by atomic mass is 10.1. The number of carbonyl (C=O) groups is 1. The number of piperidine rings is 1. The van der Waals surface area contributed by atoms with E-state index in [1.54, 1.807) is 30.3 Å². The highest BCUT2D eigenvalue weighted by Gasteiger charge is 2.37. The van der Waals surface area contributed by atoms with Gasteiger partial charge in [0.15, 0.2) is 0 Å². The fraction of sp³-hybridized carbons (Fsp3) is 0.409. The van der Waals surface area contributed by atoms with Gasteiger partial charge in [-0.25, -0.2) is 8.42 Å². The van der Waals surface area contributed by atoms with Crippen LogP contribution in [0, 0.1) is 0 Å². The molecule has 1 atom stereocenters. The van der Waals surface area contributed by atoms with Crippen molar-refractivity contribution < 1.29 is 13.2 Å². The number of benzene rings is 2. The van der Waals surface area contributed by atoms with Crippen molar-refractivity contribution in [3.8, 4) is 0 Å². The van der Waals surface area contributed by atoms with Gasteiger partial charge >= 0.3 is 0 Å². The van der Waals surface area contributed by atoms with Crippen LogP contribution in [0.15, 0.2) is 65.6 Å². The molecule has 0 radical (unpaired) electrons. The number of hydrogen-bond acceptors (Lipinski definition) is 4. The lowest BCUT2D eigenvalue weighted by Gasteiger charge is -2.33. The van der Waals surface area contributed by atoms with Gasteiger partial charge in [0.1, 0.15) is 0 Å². The quantitative estimate of drug-likeness (QED) is 0.593. The maximum Gasteiger partial charge on any atom is 0.243 e. The van der Waals surface area contributed by atoms with Gasteiger partial charge in [-0.2, -0.15) is 4.31 Å². The molecule has 0 N–H and O–H groups in total. The van der Waals surface area contributed by atoms with E-state index in [2.05, 4.69) is 12.1 Å². The van der Waals surface area contributed by atoms with Crippen molar-refractivity contribution in [3.63, 3.8) is 0 Å². The van der Waals surface area contributed by atoms with Gasteiger partial charge in [0.25, 0.3) is 0 Å². The molecule has 0 aliphatic carbocycles. The number of unbranched alkanes of at least 4 members (excludes halogenated alkanes) is 1. The number of aryl methyl sites for hydroxylation is 1. The summed E-state index contributed by atoms with van der Waals surface area (Å²) in [6.07, 6.45) is 5.29. The van der Waals surface area contributed by atoms with Crippen LogP contribution in [0.1, 0.15) is 37.7 Å². The molecule has 1 unspecified atom stereocenters. The van der Waals surface area contributed by atoms with Crippen LogP contribution in [0.3, 0.4) is 0 Å². The first-order valence-electron chi connectivity index (χ1n) is 9.86. The molecule has 6 heteroatoms. The summed E-state index contributed by atoms with van der Waals surface area (Å²) >= 11 is 1.29. The molecule has 0 spiro atoms. The molecule has 1 saturated heterocycles. The second-order valence-electron chi connectivity index (χ2n) is 7.05. The molecular formula is C22H27NO3S2. The zero-order valence-electron chi connectivity index (χ0n) is 16.0. The smallest absolute Gasteiger partial charge is 0.243 e. The van der Waals surface area contributed by atoms with E-state index in [4.69, 9.17) is 0 Å². The molecule has 2 aromatic carbocycles. The van der Waals surface area contributed by atoms with Crippen LogP contribution in [-0.4, -0.2) is 36.2 Å². The summed E-state index contributed by atoms with van der Waals surface area (Å²) in [6, 6.07) is 18.2. The minimum absolute atomic E-state index is 0.0149. The average Bonchev–Trinajstić information content (AvgIpc) is 2.75. The average molecular weight is 418 g/mol. The Hall–Kier alpha value is -1.63. The third-order valence-corrected chi connectivity index (χ3v) is 7.99. The predicted octanol–water partition coefficient (Wildman–Crippen LogP) is 4.51. The van der Waals surface area contributed by atoms with Gasteiger partial charge in [-0.05, 0) is 49.8 Å². The molecule has 0 aromatic heterocycles. The van der Waals surface area contributed by atoms with Gasteiger partial charge in [-0.1, -0.05) is 66.7 Å². The molecule has 1 fully saturated rings. The van der Waals surface area contributed by atoms with E-state index in [-0.39, 0.29) is 10.0 Å². The Bertz CT molecular complexity index is 854. The Morgan fingerprint density at radius 1 is 0.964 bits per heavy atom. The minimum atomic E-state index is -3.63. The van der Waals surface area contributed by atoms with Crippen LogP contribution in [0.4, 0.5) is 0 Å². The molecular weight excluding hydrogens is 390 g/mol. The summed E-state index contributed by atoms with van der Waals surface area (Å²) in [7, 11) is -3.63. The van der Waals surface area contributed by atoms with Crippen molar-refractivity contribution in [3.05, 3.63) is 66.2 Å². The van der Waals surface area contributed by atoms with Crippen LogP contribution in [0.5, 0.6) is 0 Å². The normalized spacial score (nSPS) is 18.1. The Kier molecular flexibility index (Phi) is 7.71. The lowest BCUT2D eigenvalue weighted by Crippen LogP contribution is -2.47. The third kappa shape index (κ3) is 5.46. The minimum Gasteiger partial charge on any atom is -0.285 e. The van der Waals surface area contributed by atoms with E-state index >= 15 is 0 Å². The topological polar surface area (TPSA) is 54.5 Å². The lowest BCUT2D eigenvalue weighted by molar-refractivity contribution is -0.115. The predicted molar refractivity (Wildman–Crippen MR) is 115 cm³/mol. The monoisotopic (exact) mass is 417 g/mol. The number of carbonyl (C=O) groups excluding carboxylic acids is 1. The highest BCUT2D eigenvalue weighted by molar-refractivity contribution is 8.13. The SMILES string of the molecule is O=C(SCCCCc1ccccc1)C1CCCCN1S(=O)(=O)c1ccccc1. The Morgan fingerprint density at radius 2 is 1.64 bits per heavy atom. The summed E-state index contributed by atoms with van der Waals surface area (Å²) in [5.41, 5.74) is 1.31. The molecule has 2 aromatic rings. The van der Waals surface area contributed by atoms with Crippen molar-refractivity contribution in [2.45, 2.75) is 49.5 Å². The first-order chi connectivity index (χ1) is 13.6. The van der Waals surface area contributed by atoms with Gasteiger partial charge in [0.2, 0.25) is 15.1 Å². The highest BCUT2D eigenvalue weighted by atomic mass is 32.2. The van der Waals surface area contributed by atoms with Crippen LogP contribution in [0.2, 0.25) is 0 Å². The molecule has 1 aliphatic rings. The van der Waals surface area contributed by atoms with Crippen molar-refractivity contribution >= 4 is 26.9 Å².